The van der Waals surface area contributed by atoms with Crippen LogP contribution in [-0.2, 0) is 11.8 Å². The molecule has 3 heterocycles. The van der Waals surface area contributed by atoms with Crippen LogP contribution in [0.3, 0.4) is 0 Å². The number of carbonyl (C=O) groups excluding carboxylic acids is 1. The molecule has 0 aliphatic carbocycles. The lowest BCUT2D eigenvalue weighted by Gasteiger charge is -2.20. The quantitative estimate of drug-likeness (QED) is 0.450. The SMILES string of the molecule is Cc1c(-c2cnn(C)c2)nn(-c2ccccc2)c1NC(=O)O[C@@H]1CNC[C@H]1c1ccc(F)c(F)c1. The van der Waals surface area contributed by atoms with Gasteiger partial charge in [0.1, 0.15) is 17.6 Å². The predicted octanol–water partition coefficient (Wildman–Crippen LogP) is 4.16. The first-order valence-electron chi connectivity index (χ1n) is 11.2. The molecule has 0 spiro atoms. The van der Waals surface area contributed by atoms with E-state index < -0.39 is 23.8 Å². The van der Waals surface area contributed by atoms with Crippen molar-refractivity contribution in [3.63, 3.8) is 0 Å². The Labute approximate surface area is 200 Å². The Morgan fingerprint density at radius 1 is 1.14 bits per heavy atom. The Balaban J connectivity index is 1.41. The third kappa shape index (κ3) is 4.52. The van der Waals surface area contributed by atoms with E-state index in [0.717, 1.165) is 28.9 Å². The van der Waals surface area contributed by atoms with Crippen molar-refractivity contribution in [3.8, 4) is 16.9 Å². The van der Waals surface area contributed by atoms with Crippen molar-refractivity contribution in [1.29, 1.82) is 0 Å². The minimum Gasteiger partial charge on any atom is -0.444 e. The van der Waals surface area contributed by atoms with E-state index in [1.165, 1.54) is 6.07 Å². The standard InChI is InChI=1S/C25H24F2N6O2/c1-15-23(17-11-29-32(2)14-17)31-33(18-6-4-3-5-7-18)24(15)30-25(34)35-22-13-28-12-19(22)16-8-9-20(26)21(27)10-16/h3-11,14,19,22,28H,12-13H2,1-2H3,(H,30,34)/t19-,22+/m0/s1. The zero-order valence-corrected chi connectivity index (χ0v) is 19.2. The largest absolute Gasteiger partial charge is 0.444 e. The Bertz CT molecular complexity index is 1370. The normalized spacial score (nSPS) is 17.5. The summed E-state index contributed by atoms with van der Waals surface area (Å²) in [7, 11) is 1.82. The molecule has 35 heavy (non-hydrogen) atoms. The highest BCUT2D eigenvalue weighted by Crippen LogP contribution is 2.31. The van der Waals surface area contributed by atoms with Gasteiger partial charge in [-0.2, -0.15) is 10.2 Å². The number of nitrogens with one attached hydrogen (secondary N) is 2. The maximum atomic E-state index is 13.8. The van der Waals surface area contributed by atoms with Crippen molar-refractivity contribution >= 4 is 11.9 Å². The summed E-state index contributed by atoms with van der Waals surface area (Å²) in [6.45, 7) is 2.75. The topological polar surface area (TPSA) is 86.0 Å². The predicted molar refractivity (Wildman–Crippen MR) is 126 cm³/mol. The molecule has 5 rings (SSSR count). The Hall–Kier alpha value is -4.05. The van der Waals surface area contributed by atoms with Crippen LogP contribution in [0.5, 0.6) is 0 Å². The summed E-state index contributed by atoms with van der Waals surface area (Å²) in [6, 6.07) is 13.2. The number of halogens is 2. The van der Waals surface area contributed by atoms with Gasteiger partial charge in [0, 0.05) is 43.4 Å². The van der Waals surface area contributed by atoms with Gasteiger partial charge in [0.25, 0.3) is 0 Å². The molecule has 2 aromatic carbocycles. The zero-order valence-electron chi connectivity index (χ0n) is 19.2. The molecule has 1 fully saturated rings. The molecular formula is C25H24F2N6O2. The van der Waals surface area contributed by atoms with Gasteiger partial charge >= 0.3 is 6.09 Å². The van der Waals surface area contributed by atoms with Crippen LogP contribution < -0.4 is 10.6 Å². The van der Waals surface area contributed by atoms with E-state index in [4.69, 9.17) is 9.84 Å². The van der Waals surface area contributed by atoms with Crippen LogP contribution in [0, 0.1) is 18.6 Å². The molecular weight excluding hydrogens is 454 g/mol. The molecule has 1 amide bonds. The highest BCUT2D eigenvalue weighted by molar-refractivity contribution is 5.87. The molecule has 2 aromatic heterocycles. The highest BCUT2D eigenvalue weighted by Gasteiger charge is 2.33. The molecule has 1 aliphatic heterocycles. The smallest absolute Gasteiger partial charge is 0.413 e. The summed E-state index contributed by atoms with van der Waals surface area (Å²) in [5.41, 5.74) is 3.58. The van der Waals surface area contributed by atoms with E-state index in [-0.39, 0.29) is 5.92 Å². The van der Waals surface area contributed by atoms with Crippen LogP contribution in [0.2, 0.25) is 0 Å². The van der Waals surface area contributed by atoms with Crippen LogP contribution in [0.25, 0.3) is 16.9 Å². The summed E-state index contributed by atoms with van der Waals surface area (Å²) in [6.07, 6.45) is 2.35. The number of para-hydroxylation sites is 1. The number of nitrogens with zero attached hydrogens (tertiary/aromatic N) is 4. The molecule has 0 unspecified atom stereocenters. The molecule has 8 nitrogen and oxygen atoms in total. The van der Waals surface area contributed by atoms with Crippen molar-refractivity contribution in [2.75, 3.05) is 18.4 Å². The summed E-state index contributed by atoms with van der Waals surface area (Å²) in [4.78, 5) is 13.0. The van der Waals surface area contributed by atoms with Gasteiger partial charge in [0.2, 0.25) is 0 Å². The van der Waals surface area contributed by atoms with Crippen LogP contribution in [0.4, 0.5) is 19.4 Å². The fourth-order valence-corrected chi connectivity index (χ4v) is 4.33. The van der Waals surface area contributed by atoms with Crippen LogP contribution in [-0.4, -0.2) is 44.8 Å². The monoisotopic (exact) mass is 478 g/mol. The van der Waals surface area contributed by atoms with E-state index in [1.54, 1.807) is 15.6 Å². The van der Waals surface area contributed by atoms with Crippen molar-refractivity contribution < 1.29 is 18.3 Å². The number of hydrogen-bond acceptors (Lipinski definition) is 5. The Kier molecular flexibility index (Phi) is 6.04. The molecule has 2 atom stereocenters. The Morgan fingerprint density at radius 2 is 1.94 bits per heavy atom. The second-order valence-corrected chi connectivity index (χ2v) is 8.48. The number of amides is 1. The molecule has 0 bridgehead atoms. The van der Waals surface area contributed by atoms with Crippen molar-refractivity contribution in [2.24, 2.45) is 7.05 Å². The number of carbonyl (C=O) groups is 1. The van der Waals surface area contributed by atoms with Gasteiger partial charge in [-0.15, -0.1) is 0 Å². The van der Waals surface area contributed by atoms with E-state index in [0.29, 0.717) is 30.2 Å². The fourth-order valence-electron chi connectivity index (χ4n) is 4.33. The number of rotatable bonds is 5. The number of aromatic nitrogens is 4. The molecule has 4 aromatic rings. The van der Waals surface area contributed by atoms with E-state index in [9.17, 15) is 13.6 Å². The lowest BCUT2D eigenvalue weighted by molar-refractivity contribution is 0.112. The lowest BCUT2D eigenvalue weighted by Crippen LogP contribution is -2.28. The van der Waals surface area contributed by atoms with E-state index >= 15 is 0 Å². The minimum absolute atomic E-state index is 0.304. The number of benzene rings is 2. The van der Waals surface area contributed by atoms with Gasteiger partial charge in [-0.1, -0.05) is 24.3 Å². The third-order valence-corrected chi connectivity index (χ3v) is 6.11. The molecule has 1 saturated heterocycles. The van der Waals surface area contributed by atoms with E-state index in [1.807, 2.05) is 50.5 Å². The van der Waals surface area contributed by atoms with E-state index in [2.05, 4.69) is 15.7 Å². The van der Waals surface area contributed by atoms with Crippen LogP contribution >= 0.6 is 0 Å². The molecule has 0 radical (unpaired) electrons. The molecule has 1 aliphatic rings. The molecule has 180 valence electrons. The molecule has 0 saturated carbocycles. The van der Waals surface area contributed by atoms with Gasteiger partial charge in [0.15, 0.2) is 11.6 Å². The first kappa shape index (κ1) is 22.7. The van der Waals surface area contributed by atoms with Crippen LogP contribution in [0.1, 0.15) is 17.0 Å². The number of aryl methyl sites for hydroxylation is 1. The maximum Gasteiger partial charge on any atom is 0.413 e. The second kappa shape index (κ2) is 9.30. The summed E-state index contributed by atoms with van der Waals surface area (Å²) < 4.78 is 36.2. The van der Waals surface area contributed by atoms with Gasteiger partial charge in [-0.05, 0) is 36.8 Å². The lowest BCUT2D eigenvalue weighted by atomic mass is 9.96. The molecule has 2 N–H and O–H groups in total. The molecule has 10 heteroatoms. The second-order valence-electron chi connectivity index (χ2n) is 8.48. The average Bonchev–Trinajstić information content (AvgIpc) is 3.56. The van der Waals surface area contributed by atoms with Gasteiger partial charge in [0.05, 0.1) is 11.9 Å². The van der Waals surface area contributed by atoms with Crippen molar-refractivity contribution in [3.05, 3.63) is 83.7 Å². The first-order chi connectivity index (χ1) is 16.9. The number of ether oxygens (including phenoxy) is 1. The zero-order chi connectivity index (χ0) is 24.5. The fraction of sp³-hybridized carbons (Fsp3) is 0.240. The summed E-state index contributed by atoms with van der Waals surface area (Å²) in [5, 5.41) is 15.0. The number of hydrogen-bond donors (Lipinski definition) is 2. The summed E-state index contributed by atoms with van der Waals surface area (Å²) >= 11 is 0. The van der Waals surface area contributed by atoms with Gasteiger partial charge in [-0.3, -0.25) is 10.00 Å². The summed E-state index contributed by atoms with van der Waals surface area (Å²) in [5.74, 6) is -1.68. The first-order valence-corrected chi connectivity index (χ1v) is 11.2. The highest BCUT2D eigenvalue weighted by atomic mass is 19.2. The van der Waals surface area contributed by atoms with Crippen LogP contribution in [0.15, 0.2) is 60.9 Å². The maximum absolute atomic E-state index is 13.8. The number of anilines is 1. The average molecular weight is 479 g/mol. The minimum atomic E-state index is -0.928. The Morgan fingerprint density at radius 3 is 2.66 bits per heavy atom. The van der Waals surface area contributed by atoms with Gasteiger partial charge < -0.3 is 10.1 Å². The van der Waals surface area contributed by atoms with Crippen molar-refractivity contribution in [1.82, 2.24) is 24.9 Å². The van der Waals surface area contributed by atoms with Crippen molar-refractivity contribution in [2.45, 2.75) is 18.9 Å². The van der Waals surface area contributed by atoms with Gasteiger partial charge in [-0.25, -0.2) is 18.3 Å². The third-order valence-electron chi connectivity index (χ3n) is 6.11.